The SMILES string of the molecule is CCn1cc[n+](C)c1.Cc1ccc(S(=O)(=O)O)cc1.Cc1ccc(S(=O)(=O)O)cc1.[Pd]. The first-order valence-corrected chi connectivity index (χ1v) is 11.8. The molecule has 174 valence electrons. The van der Waals surface area contributed by atoms with E-state index in [-0.39, 0.29) is 30.2 Å². The smallest absolute Gasteiger partial charge is 0.282 e. The van der Waals surface area contributed by atoms with E-state index in [1.165, 1.54) is 24.3 Å². The quantitative estimate of drug-likeness (QED) is 0.288. The number of aromatic nitrogens is 2. The van der Waals surface area contributed by atoms with Crippen LogP contribution in [-0.2, 0) is 54.3 Å². The normalized spacial score (nSPS) is 10.6. The van der Waals surface area contributed by atoms with Crippen molar-refractivity contribution in [3.8, 4) is 0 Å². The number of nitrogens with zero attached hydrogens (tertiary/aromatic N) is 2. The van der Waals surface area contributed by atoms with Crippen LogP contribution < -0.4 is 4.57 Å². The summed E-state index contributed by atoms with van der Waals surface area (Å²) in [5.74, 6) is 0. The Morgan fingerprint density at radius 1 is 0.806 bits per heavy atom. The fraction of sp³-hybridized carbons (Fsp3) is 0.250. The number of rotatable bonds is 3. The van der Waals surface area contributed by atoms with Crippen LogP contribution in [0, 0.1) is 13.8 Å². The Kier molecular flexibility index (Phi) is 12.1. The van der Waals surface area contributed by atoms with Gasteiger partial charge in [-0.25, -0.2) is 9.13 Å². The molecule has 0 saturated carbocycles. The first kappa shape index (κ1) is 29.1. The maximum atomic E-state index is 10.5. The van der Waals surface area contributed by atoms with E-state index in [9.17, 15) is 16.8 Å². The van der Waals surface area contributed by atoms with Crippen molar-refractivity contribution in [2.75, 3.05) is 0 Å². The van der Waals surface area contributed by atoms with Crippen LogP contribution in [0.15, 0.2) is 77.0 Å². The van der Waals surface area contributed by atoms with Crippen LogP contribution in [0.3, 0.4) is 0 Å². The summed E-state index contributed by atoms with van der Waals surface area (Å²) < 4.78 is 63.3. The van der Waals surface area contributed by atoms with Gasteiger partial charge in [0, 0.05) is 20.4 Å². The molecular formula is C20H27N2O6PdS2+. The number of benzene rings is 2. The standard InChI is InChI=1S/2C7H8O3S.C6H11N2.Pd/c2*1-6-2-4-7(5-3-6)11(8,9)10;1-3-8-5-4-7(2)6-8;/h2*2-5H,1H3,(H,8,9,10);4-6H,3H2,1-2H3;/q;;+1;. The van der Waals surface area contributed by atoms with Crippen LogP contribution >= 0.6 is 0 Å². The first-order chi connectivity index (χ1) is 13.8. The third-order valence-corrected chi connectivity index (χ3v) is 5.56. The monoisotopic (exact) mass is 561 g/mol. The zero-order chi connectivity index (χ0) is 22.9. The third kappa shape index (κ3) is 11.4. The molecule has 1 heterocycles. The fourth-order valence-electron chi connectivity index (χ4n) is 2.11. The maximum Gasteiger partial charge on any atom is 0.294 e. The van der Waals surface area contributed by atoms with Crippen LogP contribution in [0.2, 0.25) is 0 Å². The molecule has 31 heavy (non-hydrogen) atoms. The van der Waals surface area contributed by atoms with Gasteiger partial charge in [0.1, 0.15) is 12.4 Å². The Morgan fingerprint density at radius 3 is 1.35 bits per heavy atom. The molecule has 0 atom stereocenters. The molecule has 0 aliphatic heterocycles. The molecule has 2 aromatic carbocycles. The van der Waals surface area contributed by atoms with Gasteiger partial charge in [0.2, 0.25) is 6.33 Å². The summed E-state index contributed by atoms with van der Waals surface area (Å²) in [7, 11) is -6.02. The van der Waals surface area contributed by atoms with E-state index >= 15 is 0 Å². The average Bonchev–Trinajstić information content (AvgIpc) is 3.08. The predicted octanol–water partition coefficient (Wildman–Crippen LogP) is 2.81. The largest absolute Gasteiger partial charge is 0.294 e. The molecule has 0 fully saturated rings. The van der Waals surface area contributed by atoms with Crippen molar-refractivity contribution >= 4 is 20.2 Å². The summed E-state index contributed by atoms with van der Waals surface area (Å²) in [5, 5.41) is 0. The zero-order valence-electron chi connectivity index (χ0n) is 17.6. The average molecular weight is 562 g/mol. The second kappa shape index (κ2) is 12.9. The van der Waals surface area contributed by atoms with Gasteiger partial charge in [0.05, 0.1) is 23.4 Å². The van der Waals surface area contributed by atoms with E-state index in [2.05, 4.69) is 24.0 Å². The molecule has 2 N–H and O–H groups in total. The molecule has 3 aromatic rings. The van der Waals surface area contributed by atoms with Crippen LogP contribution in [0.4, 0.5) is 0 Å². The molecule has 0 bridgehead atoms. The molecule has 11 heteroatoms. The Hall–Kier alpha value is -1.87. The van der Waals surface area contributed by atoms with Crippen molar-refractivity contribution in [1.29, 1.82) is 0 Å². The number of aryl methyl sites for hydroxylation is 4. The molecular weight excluding hydrogens is 535 g/mol. The second-order valence-electron chi connectivity index (χ2n) is 6.49. The zero-order valence-corrected chi connectivity index (χ0v) is 20.8. The van der Waals surface area contributed by atoms with Crippen LogP contribution in [0.1, 0.15) is 18.1 Å². The summed E-state index contributed by atoms with van der Waals surface area (Å²) in [6, 6.07) is 12.0. The Labute approximate surface area is 197 Å². The Balaban J connectivity index is 0.000000434. The summed E-state index contributed by atoms with van der Waals surface area (Å²) in [4.78, 5) is -0.133. The third-order valence-electron chi connectivity index (χ3n) is 3.83. The summed E-state index contributed by atoms with van der Waals surface area (Å²) in [6.07, 6.45) is 6.14. The van der Waals surface area contributed by atoms with Gasteiger partial charge >= 0.3 is 0 Å². The van der Waals surface area contributed by atoms with Crippen molar-refractivity contribution in [3.63, 3.8) is 0 Å². The molecule has 8 nitrogen and oxygen atoms in total. The van der Waals surface area contributed by atoms with Gasteiger partial charge in [-0.3, -0.25) is 9.11 Å². The molecule has 3 rings (SSSR count). The minimum absolute atomic E-state index is 0. The molecule has 0 amide bonds. The first-order valence-electron chi connectivity index (χ1n) is 8.92. The molecule has 0 unspecified atom stereocenters. The second-order valence-corrected chi connectivity index (χ2v) is 9.33. The van der Waals surface area contributed by atoms with E-state index in [4.69, 9.17) is 9.11 Å². The van der Waals surface area contributed by atoms with E-state index in [0.717, 1.165) is 17.7 Å². The molecule has 0 aliphatic carbocycles. The molecule has 0 aliphatic rings. The molecule has 0 spiro atoms. The van der Waals surface area contributed by atoms with Gasteiger partial charge in [-0.15, -0.1) is 0 Å². The van der Waals surface area contributed by atoms with E-state index in [0.29, 0.717) is 0 Å². The van der Waals surface area contributed by atoms with Gasteiger partial charge in [0.15, 0.2) is 0 Å². The van der Waals surface area contributed by atoms with Crippen LogP contribution in [0.25, 0.3) is 0 Å². The number of imidazole rings is 1. The van der Waals surface area contributed by atoms with Crippen molar-refractivity contribution in [3.05, 3.63) is 78.4 Å². The topological polar surface area (TPSA) is 118 Å². The van der Waals surface area contributed by atoms with Gasteiger partial charge in [-0.2, -0.15) is 16.8 Å². The van der Waals surface area contributed by atoms with Crippen LogP contribution in [-0.4, -0.2) is 30.5 Å². The fourth-order valence-corrected chi connectivity index (χ4v) is 3.07. The predicted molar refractivity (Wildman–Crippen MR) is 113 cm³/mol. The number of hydrogen-bond donors (Lipinski definition) is 2. The summed E-state index contributed by atoms with van der Waals surface area (Å²) in [5.41, 5.74) is 1.91. The van der Waals surface area contributed by atoms with Crippen LogP contribution in [0.5, 0.6) is 0 Å². The number of hydrogen-bond acceptors (Lipinski definition) is 4. The van der Waals surface area contributed by atoms with Gasteiger partial charge in [-0.1, -0.05) is 35.4 Å². The molecule has 1 aromatic heterocycles. The van der Waals surface area contributed by atoms with Gasteiger partial charge in [-0.05, 0) is 45.0 Å². The minimum Gasteiger partial charge on any atom is -0.282 e. The molecule has 0 saturated heterocycles. The summed E-state index contributed by atoms with van der Waals surface area (Å²) >= 11 is 0. The minimum atomic E-state index is -4.02. The van der Waals surface area contributed by atoms with Crippen molar-refractivity contribution in [2.24, 2.45) is 7.05 Å². The Bertz CT molecular complexity index is 1070. The van der Waals surface area contributed by atoms with Crippen molar-refractivity contribution < 1.29 is 50.9 Å². The van der Waals surface area contributed by atoms with E-state index in [1.807, 2.05) is 31.7 Å². The molecule has 0 radical (unpaired) electrons. The van der Waals surface area contributed by atoms with Gasteiger partial charge in [0.25, 0.3) is 20.2 Å². The maximum absolute atomic E-state index is 10.5. The summed E-state index contributed by atoms with van der Waals surface area (Å²) in [6.45, 7) is 6.86. The van der Waals surface area contributed by atoms with Crippen molar-refractivity contribution in [1.82, 2.24) is 4.57 Å². The van der Waals surface area contributed by atoms with E-state index < -0.39 is 20.2 Å². The van der Waals surface area contributed by atoms with E-state index in [1.54, 1.807) is 24.3 Å². The van der Waals surface area contributed by atoms with Gasteiger partial charge < -0.3 is 0 Å². The Morgan fingerprint density at radius 2 is 1.16 bits per heavy atom. The van der Waals surface area contributed by atoms with Crippen molar-refractivity contribution in [2.45, 2.75) is 37.1 Å².